The van der Waals surface area contributed by atoms with Gasteiger partial charge in [-0.2, -0.15) is 13.2 Å². The molecule has 0 bridgehead atoms. The smallest absolute Gasteiger partial charge is 0.342 e. The Kier molecular flexibility index (Phi) is 4.08. The third-order valence-electron chi connectivity index (χ3n) is 4.58. The Morgan fingerprint density at radius 1 is 1.32 bits per heavy atom. The molecule has 0 saturated heterocycles. The average molecular weight is 278 g/mol. The molecule has 0 aliphatic heterocycles. The van der Waals surface area contributed by atoms with Gasteiger partial charge in [-0.05, 0) is 38.0 Å². The first-order valence-electron chi connectivity index (χ1n) is 6.93. The van der Waals surface area contributed by atoms with E-state index >= 15 is 0 Å². The predicted molar refractivity (Wildman–Crippen MR) is 65.2 cm³/mol. The Balaban J connectivity index is 1.87. The lowest BCUT2D eigenvalue weighted by Crippen LogP contribution is -2.44. The molecule has 0 aromatic rings. The van der Waals surface area contributed by atoms with Crippen molar-refractivity contribution in [2.75, 3.05) is 13.1 Å². The second-order valence-corrected chi connectivity index (χ2v) is 5.77. The summed E-state index contributed by atoms with van der Waals surface area (Å²) in [7, 11) is 0. The SMILES string of the molecule is CCN(CCC(F)(F)F)C(=O)C1CC2CC(N)C2C1. The first-order valence-corrected chi connectivity index (χ1v) is 6.93. The van der Waals surface area contributed by atoms with E-state index in [2.05, 4.69) is 0 Å². The number of nitrogens with zero attached hydrogens (tertiary/aromatic N) is 1. The van der Waals surface area contributed by atoms with Crippen molar-refractivity contribution in [2.45, 2.75) is 44.8 Å². The van der Waals surface area contributed by atoms with Gasteiger partial charge in [-0.15, -0.1) is 0 Å². The number of alkyl halides is 3. The Morgan fingerprint density at radius 2 is 2.00 bits per heavy atom. The number of nitrogens with two attached hydrogens (primary N) is 1. The number of carbonyl (C=O) groups is 1. The maximum absolute atomic E-state index is 12.2. The predicted octanol–water partition coefficient (Wildman–Crippen LogP) is 2.16. The van der Waals surface area contributed by atoms with Crippen molar-refractivity contribution in [2.24, 2.45) is 23.5 Å². The van der Waals surface area contributed by atoms with Crippen molar-refractivity contribution in [1.82, 2.24) is 4.90 Å². The Bertz CT molecular complexity index is 345. The van der Waals surface area contributed by atoms with Gasteiger partial charge in [0, 0.05) is 25.0 Å². The van der Waals surface area contributed by atoms with Crippen LogP contribution < -0.4 is 5.73 Å². The van der Waals surface area contributed by atoms with Crippen molar-refractivity contribution >= 4 is 5.91 Å². The zero-order valence-corrected chi connectivity index (χ0v) is 11.1. The van der Waals surface area contributed by atoms with Crippen LogP contribution in [0.4, 0.5) is 13.2 Å². The quantitative estimate of drug-likeness (QED) is 0.856. The lowest BCUT2D eigenvalue weighted by Gasteiger charge is -2.37. The molecule has 2 N–H and O–H groups in total. The third kappa shape index (κ3) is 3.22. The van der Waals surface area contributed by atoms with Crippen LogP contribution in [-0.2, 0) is 4.79 Å². The number of hydrogen-bond donors (Lipinski definition) is 1. The van der Waals surface area contributed by atoms with Gasteiger partial charge >= 0.3 is 6.18 Å². The van der Waals surface area contributed by atoms with E-state index in [0.717, 1.165) is 19.3 Å². The van der Waals surface area contributed by atoms with Crippen LogP contribution in [0, 0.1) is 17.8 Å². The standard InChI is InChI=1S/C13H21F3N2O/c1-2-18(4-3-13(14,15)16)12(19)9-5-8-7-11(17)10(8)6-9/h8-11H,2-7,17H2,1H3. The largest absolute Gasteiger partial charge is 0.390 e. The first kappa shape index (κ1) is 14.6. The van der Waals surface area contributed by atoms with Gasteiger partial charge in [0.15, 0.2) is 0 Å². The van der Waals surface area contributed by atoms with Gasteiger partial charge in [-0.3, -0.25) is 4.79 Å². The van der Waals surface area contributed by atoms with Crippen LogP contribution in [0.3, 0.4) is 0 Å². The van der Waals surface area contributed by atoms with Crippen molar-refractivity contribution in [1.29, 1.82) is 0 Å². The summed E-state index contributed by atoms with van der Waals surface area (Å²) in [6, 6.07) is 0.188. The van der Waals surface area contributed by atoms with Gasteiger partial charge in [0.25, 0.3) is 0 Å². The van der Waals surface area contributed by atoms with E-state index in [1.807, 2.05) is 0 Å². The molecule has 2 fully saturated rings. The molecule has 0 spiro atoms. The topological polar surface area (TPSA) is 46.3 Å². The molecule has 6 heteroatoms. The minimum Gasteiger partial charge on any atom is -0.342 e. The molecule has 1 amide bonds. The van der Waals surface area contributed by atoms with E-state index in [1.54, 1.807) is 6.92 Å². The van der Waals surface area contributed by atoms with Crippen LogP contribution in [0.1, 0.15) is 32.6 Å². The van der Waals surface area contributed by atoms with E-state index in [9.17, 15) is 18.0 Å². The van der Waals surface area contributed by atoms with Crippen molar-refractivity contribution in [3.63, 3.8) is 0 Å². The molecule has 0 aromatic carbocycles. The third-order valence-corrected chi connectivity index (χ3v) is 4.58. The van der Waals surface area contributed by atoms with Crippen LogP contribution in [-0.4, -0.2) is 36.1 Å². The minimum absolute atomic E-state index is 0.114. The molecular weight excluding hydrogens is 257 g/mol. The summed E-state index contributed by atoms with van der Waals surface area (Å²) in [6.45, 7) is 1.84. The normalized spacial score (nSPS) is 33.7. The average Bonchev–Trinajstić information content (AvgIpc) is 2.65. The molecular formula is C13H21F3N2O. The molecule has 2 aliphatic rings. The fourth-order valence-corrected chi connectivity index (χ4v) is 3.43. The summed E-state index contributed by atoms with van der Waals surface area (Å²) in [6.07, 6.45) is -2.60. The highest BCUT2D eigenvalue weighted by Crippen LogP contribution is 2.49. The van der Waals surface area contributed by atoms with Crippen LogP contribution in [0.25, 0.3) is 0 Å². The summed E-state index contributed by atoms with van der Waals surface area (Å²) in [4.78, 5) is 13.6. The van der Waals surface area contributed by atoms with Gasteiger partial charge in [0.2, 0.25) is 5.91 Å². The highest BCUT2D eigenvalue weighted by Gasteiger charge is 2.48. The fourth-order valence-electron chi connectivity index (χ4n) is 3.43. The number of hydrogen-bond acceptors (Lipinski definition) is 2. The van der Waals surface area contributed by atoms with Crippen molar-refractivity contribution in [3.05, 3.63) is 0 Å². The first-order chi connectivity index (χ1) is 8.81. The number of carbonyl (C=O) groups excluding carboxylic acids is 1. The summed E-state index contributed by atoms with van der Waals surface area (Å²) in [5.74, 6) is 0.700. The Hall–Kier alpha value is -0.780. The number of amides is 1. The van der Waals surface area contributed by atoms with Gasteiger partial charge in [-0.25, -0.2) is 0 Å². The Labute approximate surface area is 111 Å². The zero-order chi connectivity index (χ0) is 14.2. The number of fused-ring (bicyclic) bond motifs is 1. The summed E-state index contributed by atoms with van der Waals surface area (Å²) in [5, 5.41) is 0. The molecule has 2 aliphatic carbocycles. The molecule has 0 radical (unpaired) electrons. The molecule has 110 valence electrons. The van der Waals surface area contributed by atoms with Gasteiger partial charge < -0.3 is 10.6 Å². The monoisotopic (exact) mass is 278 g/mol. The lowest BCUT2D eigenvalue weighted by molar-refractivity contribution is -0.147. The van der Waals surface area contributed by atoms with E-state index in [-0.39, 0.29) is 24.4 Å². The molecule has 0 aromatic heterocycles. The van der Waals surface area contributed by atoms with Gasteiger partial charge in [0.1, 0.15) is 0 Å². The van der Waals surface area contributed by atoms with Crippen molar-refractivity contribution in [3.8, 4) is 0 Å². The lowest BCUT2D eigenvalue weighted by atomic mass is 9.72. The second kappa shape index (κ2) is 5.31. The summed E-state index contributed by atoms with van der Waals surface area (Å²) in [5.41, 5.74) is 5.88. The second-order valence-electron chi connectivity index (χ2n) is 5.77. The van der Waals surface area contributed by atoms with Crippen LogP contribution in [0.5, 0.6) is 0 Å². The molecule has 4 unspecified atom stereocenters. The van der Waals surface area contributed by atoms with Gasteiger partial charge in [0.05, 0.1) is 6.42 Å². The maximum atomic E-state index is 12.2. The van der Waals surface area contributed by atoms with E-state index < -0.39 is 12.6 Å². The highest BCUT2D eigenvalue weighted by molar-refractivity contribution is 5.79. The number of rotatable bonds is 4. The molecule has 0 heterocycles. The highest BCUT2D eigenvalue weighted by atomic mass is 19.4. The van der Waals surface area contributed by atoms with Crippen molar-refractivity contribution < 1.29 is 18.0 Å². The number of halogens is 3. The summed E-state index contributed by atoms with van der Waals surface area (Å²) < 4.78 is 36.7. The summed E-state index contributed by atoms with van der Waals surface area (Å²) >= 11 is 0. The van der Waals surface area contributed by atoms with Crippen LogP contribution >= 0.6 is 0 Å². The molecule has 4 atom stereocenters. The van der Waals surface area contributed by atoms with E-state index in [4.69, 9.17) is 5.73 Å². The van der Waals surface area contributed by atoms with E-state index in [1.165, 1.54) is 4.90 Å². The Morgan fingerprint density at radius 3 is 2.47 bits per heavy atom. The molecule has 3 nitrogen and oxygen atoms in total. The molecule has 2 rings (SSSR count). The maximum Gasteiger partial charge on any atom is 0.390 e. The molecule has 19 heavy (non-hydrogen) atoms. The fraction of sp³-hybridized carbons (Fsp3) is 0.923. The zero-order valence-electron chi connectivity index (χ0n) is 11.1. The van der Waals surface area contributed by atoms with Gasteiger partial charge in [-0.1, -0.05) is 0 Å². The van der Waals surface area contributed by atoms with E-state index in [0.29, 0.717) is 18.4 Å². The van der Waals surface area contributed by atoms with Crippen LogP contribution in [0.15, 0.2) is 0 Å². The minimum atomic E-state index is -4.20. The molecule has 2 saturated carbocycles. The van der Waals surface area contributed by atoms with Crippen LogP contribution in [0.2, 0.25) is 0 Å².